The molecule has 0 aromatic heterocycles. The predicted octanol–water partition coefficient (Wildman–Crippen LogP) is 2.16. The Morgan fingerprint density at radius 3 is 2.35 bits per heavy atom. The van der Waals surface area contributed by atoms with Gasteiger partial charge in [0.2, 0.25) is 11.8 Å². The van der Waals surface area contributed by atoms with Crippen LogP contribution in [-0.4, -0.2) is 54.9 Å². The molecule has 2 aromatic rings. The van der Waals surface area contributed by atoms with Gasteiger partial charge in [0.15, 0.2) is 0 Å². The lowest BCUT2D eigenvalue weighted by Gasteiger charge is -2.33. The van der Waals surface area contributed by atoms with Crippen molar-refractivity contribution in [2.45, 2.75) is 38.3 Å². The molecule has 3 rings (SSSR count). The largest absolute Gasteiger partial charge is 0.496 e. The van der Waals surface area contributed by atoms with E-state index >= 15 is 0 Å². The molecule has 1 aliphatic heterocycles. The smallest absolute Gasteiger partial charge is 0.251 e. The van der Waals surface area contributed by atoms with E-state index < -0.39 is 6.04 Å². The predicted molar refractivity (Wildman–Crippen MR) is 118 cm³/mol. The first kappa shape index (κ1) is 22.3. The summed E-state index contributed by atoms with van der Waals surface area (Å²) >= 11 is 0. The van der Waals surface area contributed by atoms with Gasteiger partial charge >= 0.3 is 0 Å². The summed E-state index contributed by atoms with van der Waals surface area (Å²) < 4.78 is 5.32. The van der Waals surface area contributed by atoms with Gasteiger partial charge in [-0.15, -0.1) is 0 Å². The summed E-state index contributed by atoms with van der Waals surface area (Å²) in [6.45, 7) is 2.84. The fourth-order valence-electron chi connectivity index (χ4n) is 3.66. The maximum Gasteiger partial charge on any atom is 0.251 e. The molecule has 164 valence electrons. The molecule has 1 aliphatic rings. The first-order valence-corrected chi connectivity index (χ1v) is 10.5. The van der Waals surface area contributed by atoms with Crippen LogP contribution in [0.15, 0.2) is 54.6 Å². The van der Waals surface area contributed by atoms with Gasteiger partial charge in [-0.25, -0.2) is 0 Å². The Morgan fingerprint density at radius 1 is 1.03 bits per heavy atom. The lowest BCUT2D eigenvalue weighted by molar-refractivity contribution is -0.131. The van der Waals surface area contributed by atoms with Crippen molar-refractivity contribution < 1.29 is 19.1 Å². The zero-order chi connectivity index (χ0) is 22.2. The van der Waals surface area contributed by atoms with Crippen LogP contribution in [0.4, 0.5) is 0 Å². The molecule has 7 heteroatoms. The SMILES string of the molecule is COc1ccccc1CC(=O)N1CCC(NC(=O)C(C)NC(=O)c2ccccc2)CC1. The number of ether oxygens (including phenoxy) is 1. The van der Waals surface area contributed by atoms with E-state index in [1.165, 1.54) is 0 Å². The minimum Gasteiger partial charge on any atom is -0.496 e. The Kier molecular flexibility index (Phi) is 7.65. The second-order valence-corrected chi connectivity index (χ2v) is 7.71. The molecule has 0 spiro atoms. The average Bonchev–Trinajstić information content (AvgIpc) is 2.80. The van der Waals surface area contributed by atoms with E-state index in [2.05, 4.69) is 10.6 Å². The summed E-state index contributed by atoms with van der Waals surface area (Å²) in [4.78, 5) is 39.2. The van der Waals surface area contributed by atoms with Crippen LogP contribution in [0.3, 0.4) is 0 Å². The number of hydrogen-bond donors (Lipinski definition) is 2. The van der Waals surface area contributed by atoms with Crippen molar-refractivity contribution in [3.8, 4) is 5.75 Å². The third-order valence-corrected chi connectivity index (χ3v) is 5.51. The Balaban J connectivity index is 1.44. The van der Waals surface area contributed by atoms with Crippen LogP contribution in [0.25, 0.3) is 0 Å². The van der Waals surface area contributed by atoms with Crippen LogP contribution in [0.5, 0.6) is 5.75 Å². The Labute approximate surface area is 182 Å². The highest BCUT2D eigenvalue weighted by molar-refractivity contribution is 5.97. The van der Waals surface area contributed by atoms with Gasteiger partial charge in [0.1, 0.15) is 11.8 Å². The van der Waals surface area contributed by atoms with Gasteiger partial charge in [-0.3, -0.25) is 14.4 Å². The first-order valence-electron chi connectivity index (χ1n) is 10.5. The van der Waals surface area contributed by atoms with Gasteiger partial charge in [0.25, 0.3) is 5.91 Å². The van der Waals surface area contributed by atoms with Gasteiger partial charge in [-0.05, 0) is 38.0 Å². The molecule has 0 aliphatic carbocycles. The molecule has 2 aromatic carbocycles. The maximum absolute atomic E-state index is 12.7. The second-order valence-electron chi connectivity index (χ2n) is 7.71. The van der Waals surface area contributed by atoms with Crippen molar-refractivity contribution in [3.63, 3.8) is 0 Å². The number of nitrogens with zero attached hydrogens (tertiary/aromatic N) is 1. The van der Waals surface area contributed by atoms with Crippen LogP contribution < -0.4 is 15.4 Å². The highest BCUT2D eigenvalue weighted by Gasteiger charge is 2.26. The number of piperidine rings is 1. The van der Waals surface area contributed by atoms with Gasteiger partial charge in [-0.1, -0.05) is 36.4 Å². The molecular formula is C24H29N3O4. The fourth-order valence-corrected chi connectivity index (χ4v) is 3.66. The molecule has 31 heavy (non-hydrogen) atoms. The fraction of sp³-hybridized carbons (Fsp3) is 0.375. The molecule has 1 atom stereocenters. The minimum absolute atomic E-state index is 0.0149. The zero-order valence-corrected chi connectivity index (χ0v) is 18.0. The van der Waals surface area contributed by atoms with Crippen molar-refractivity contribution in [1.29, 1.82) is 0 Å². The summed E-state index contributed by atoms with van der Waals surface area (Å²) in [6, 6.07) is 15.7. The van der Waals surface area contributed by atoms with Crippen LogP contribution in [-0.2, 0) is 16.0 Å². The molecule has 1 saturated heterocycles. The van der Waals surface area contributed by atoms with Gasteiger partial charge < -0.3 is 20.3 Å². The molecule has 0 saturated carbocycles. The standard InChI is InChI=1S/C24H29N3O4/c1-17(25-24(30)18-8-4-3-5-9-18)23(29)26-20-12-14-27(15-13-20)22(28)16-19-10-6-7-11-21(19)31-2/h3-11,17,20H,12-16H2,1-2H3,(H,25,30)(H,26,29). The number of benzene rings is 2. The molecule has 3 amide bonds. The number of nitrogens with one attached hydrogen (secondary N) is 2. The summed E-state index contributed by atoms with van der Waals surface area (Å²) in [5.74, 6) is 0.269. The number of hydrogen-bond acceptors (Lipinski definition) is 4. The van der Waals surface area contributed by atoms with Crippen molar-refractivity contribution in [2.24, 2.45) is 0 Å². The monoisotopic (exact) mass is 423 g/mol. The quantitative estimate of drug-likeness (QED) is 0.715. The van der Waals surface area contributed by atoms with E-state index in [1.807, 2.05) is 35.2 Å². The van der Waals surface area contributed by atoms with E-state index in [-0.39, 0.29) is 23.8 Å². The van der Waals surface area contributed by atoms with Crippen molar-refractivity contribution in [3.05, 3.63) is 65.7 Å². The average molecular weight is 424 g/mol. The number of likely N-dealkylation sites (tertiary alicyclic amines) is 1. The van der Waals surface area contributed by atoms with Gasteiger partial charge in [0.05, 0.1) is 13.5 Å². The van der Waals surface area contributed by atoms with Crippen molar-refractivity contribution in [1.82, 2.24) is 15.5 Å². The first-order chi connectivity index (χ1) is 15.0. The van der Waals surface area contributed by atoms with E-state index in [0.29, 0.717) is 43.7 Å². The third-order valence-electron chi connectivity index (χ3n) is 5.51. The third kappa shape index (κ3) is 6.07. The van der Waals surface area contributed by atoms with Crippen LogP contribution in [0.1, 0.15) is 35.7 Å². The van der Waals surface area contributed by atoms with Crippen LogP contribution >= 0.6 is 0 Å². The highest BCUT2D eigenvalue weighted by atomic mass is 16.5. The van der Waals surface area contributed by atoms with Crippen LogP contribution in [0.2, 0.25) is 0 Å². The van der Waals surface area contributed by atoms with E-state index in [1.54, 1.807) is 38.3 Å². The van der Waals surface area contributed by atoms with E-state index in [4.69, 9.17) is 4.74 Å². The Morgan fingerprint density at radius 2 is 1.68 bits per heavy atom. The summed E-state index contributed by atoms with van der Waals surface area (Å²) in [5.41, 5.74) is 1.39. The summed E-state index contributed by atoms with van der Waals surface area (Å²) in [6.07, 6.45) is 1.66. The highest BCUT2D eigenvalue weighted by Crippen LogP contribution is 2.20. The van der Waals surface area contributed by atoms with Gasteiger partial charge in [0, 0.05) is 30.3 Å². The molecule has 7 nitrogen and oxygen atoms in total. The molecule has 1 fully saturated rings. The van der Waals surface area contributed by atoms with Gasteiger partial charge in [-0.2, -0.15) is 0 Å². The molecular weight excluding hydrogens is 394 g/mol. The number of carbonyl (C=O) groups is 3. The van der Waals surface area contributed by atoms with Crippen LogP contribution in [0, 0.1) is 0 Å². The Bertz CT molecular complexity index is 908. The topological polar surface area (TPSA) is 87.7 Å². The summed E-state index contributed by atoms with van der Waals surface area (Å²) in [7, 11) is 1.60. The minimum atomic E-state index is -0.641. The molecule has 0 bridgehead atoms. The van der Waals surface area contributed by atoms with E-state index in [0.717, 1.165) is 5.56 Å². The normalized spacial score (nSPS) is 15.1. The number of para-hydroxylation sites is 1. The van der Waals surface area contributed by atoms with E-state index in [9.17, 15) is 14.4 Å². The lowest BCUT2D eigenvalue weighted by atomic mass is 10.0. The lowest BCUT2D eigenvalue weighted by Crippen LogP contribution is -2.51. The second kappa shape index (κ2) is 10.6. The summed E-state index contributed by atoms with van der Waals surface area (Å²) in [5, 5.41) is 5.71. The molecule has 1 unspecified atom stereocenters. The molecule has 2 N–H and O–H groups in total. The zero-order valence-electron chi connectivity index (χ0n) is 18.0. The Hall–Kier alpha value is -3.35. The maximum atomic E-state index is 12.7. The molecule has 0 radical (unpaired) electrons. The number of methoxy groups -OCH3 is 1. The number of amides is 3. The van der Waals surface area contributed by atoms with Crippen molar-refractivity contribution >= 4 is 17.7 Å². The molecule has 1 heterocycles. The number of carbonyl (C=O) groups excluding carboxylic acids is 3. The number of rotatable bonds is 7. The van der Waals surface area contributed by atoms with Crippen molar-refractivity contribution in [2.75, 3.05) is 20.2 Å².